The number of nitrogens with two attached hydrogens (primary N) is 1. The van der Waals surface area contributed by atoms with Crippen LogP contribution in [0.5, 0.6) is 0 Å². The maximum atomic E-state index is 12.9. The zero-order valence-corrected chi connectivity index (χ0v) is 21.5. The first kappa shape index (κ1) is 24.6. The van der Waals surface area contributed by atoms with E-state index in [1.165, 1.54) is 0 Å². The third-order valence-corrected chi connectivity index (χ3v) is 7.28. The van der Waals surface area contributed by atoms with Crippen molar-refractivity contribution < 1.29 is 19.1 Å². The van der Waals surface area contributed by atoms with Gasteiger partial charge in [-0.3, -0.25) is 9.59 Å². The molecule has 0 radical (unpaired) electrons. The average molecular weight is 539 g/mol. The molecule has 39 heavy (non-hydrogen) atoms. The number of cyclic esters (lactones) is 1. The van der Waals surface area contributed by atoms with Crippen LogP contribution in [-0.2, 0) is 22.4 Å². The molecule has 3 aromatic carbocycles. The van der Waals surface area contributed by atoms with Gasteiger partial charge in [-0.05, 0) is 66.4 Å². The summed E-state index contributed by atoms with van der Waals surface area (Å²) in [4.78, 5) is 37.1. The topological polar surface area (TPSA) is 116 Å². The van der Waals surface area contributed by atoms with E-state index < -0.39 is 5.91 Å². The molecule has 2 amide bonds. The largest absolute Gasteiger partial charge is 0.462 e. The van der Waals surface area contributed by atoms with E-state index in [0.717, 1.165) is 33.6 Å². The molecule has 6 rings (SSSR count). The Hall–Kier alpha value is -4.69. The Balaban J connectivity index is 1.39. The van der Waals surface area contributed by atoms with Crippen molar-refractivity contribution in [3.63, 3.8) is 0 Å². The molecule has 194 valence electrons. The number of ether oxygens (including phenoxy) is 1. The van der Waals surface area contributed by atoms with Crippen molar-refractivity contribution in [3.8, 4) is 16.9 Å². The highest BCUT2D eigenvalue weighted by molar-refractivity contribution is 6.34. The van der Waals surface area contributed by atoms with Gasteiger partial charge in [0, 0.05) is 28.8 Å². The SMILES string of the molecule is NC(=O)c1nn(-c2ccc(/C=C3\CCOC3=O)cc2)c2c1CCc1ccc(NC(=O)c3ccccc3Cl)cc1-2. The number of nitrogens with one attached hydrogen (secondary N) is 1. The number of amides is 2. The number of benzene rings is 3. The third-order valence-electron chi connectivity index (χ3n) is 6.95. The van der Waals surface area contributed by atoms with E-state index in [0.29, 0.717) is 47.7 Å². The molecule has 0 saturated carbocycles. The molecule has 1 saturated heterocycles. The molecule has 2 aliphatic rings. The van der Waals surface area contributed by atoms with Gasteiger partial charge >= 0.3 is 5.97 Å². The molecule has 1 aliphatic heterocycles. The quantitative estimate of drug-likeness (QED) is 0.275. The predicted octanol–water partition coefficient (Wildman–Crippen LogP) is 4.97. The average Bonchev–Trinajstić information content (AvgIpc) is 3.53. The van der Waals surface area contributed by atoms with Crippen LogP contribution in [0.15, 0.2) is 72.3 Å². The number of anilines is 1. The van der Waals surface area contributed by atoms with Crippen LogP contribution in [0.4, 0.5) is 5.69 Å². The second kappa shape index (κ2) is 9.89. The number of carbonyl (C=O) groups excluding carboxylic acids is 3. The monoisotopic (exact) mass is 538 g/mol. The van der Waals surface area contributed by atoms with Crippen LogP contribution >= 0.6 is 11.6 Å². The summed E-state index contributed by atoms with van der Waals surface area (Å²) in [6.07, 6.45) is 3.71. The smallest absolute Gasteiger partial charge is 0.334 e. The number of aryl methyl sites for hydroxylation is 1. The number of halogens is 1. The van der Waals surface area contributed by atoms with Crippen molar-refractivity contribution in [2.45, 2.75) is 19.3 Å². The van der Waals surface area contributed by atoms with E-state index in [4.69, 9.17) is 22.1 Å². The molecule has 1 fully saturated rings. The number of hydrogen-bond acceptors (Lipinski definition) is 5. The maximum Gasteiger partial charge on any atom is 0.334 e. The molecule has 2 heterocycles. The second-order valence-corrected chi connectivity index (χ2v) is 9.81. The molecule has 8 nitrogen and oxygen atoms in total. The Labute approximate surface area is 229 Å². The van der Waals surface area contributed by atoms with Crippen molar-refractivity contribution in [2.75, 3.05) is 11.9 Å². The van der Waals surface area contributed by atoms with Crippen molar-refractivity contribution in [2.24, 2.45) is 5.73 Å². The fourth-order valence-corrected chi connectivity index (χ4v) is 5.26. The zero-order valence-electron chi connectivity index (χ0n) is 20.7. The number of primary amides is 1. The van der Waals surface area contributed by atoms with Gasteiger partial charge in [-0.15, -0.1) is 0 Å². The Kier molecular flexibility index (Phi) is 6.24. The summed E-state index contributed by atoms with van der Waals surface area (Å²) in [5, 5.41) is 7.89. The lowest BCUT2D eigenvalue weighted by molar-refractivity contribution is -0.134. The van der Waals surface area contributed by atoms with Crippen LogP contribution in [0.25, 0.3) is 23.0 Å². The second-order valence-electron chi connectivity index (χ2n) is 9.40. The van der Waals surface area contributed by atoms with E-state index >= 15 is 0 Å². The van der Waals surface area contributed by atoms with Crippen LogP contribution in [0.1, 0.15) is 44.0 Å². The minimum absolute atomic E-state index is 0.223. The molecular weight excluding hydrogens is 516 g/mol. The minimum atomic E-state index is -0.599. The highest BCUT2D eigenvalue weighted by Crippen LogP contribution is 2.38. The van der Waals surface area contributed by atoms with Crippen LogP contribution in [0.3, 0.4) is 0 Å². The van der Waals surface area contributed by atoms with Crippen molar-refractivity contribution in [1.82, 2.24) is 9.78 Å². The van der Waals surface area contributed by atoms with Gasteiger partial charge in [-0.1, -0.05) is 41.9 Å². The third kappa shape index (κ3) is 4.59. The standard InChI is InChI=1S/C30H23ClN4O4/c31-25-4-2-1-3-22(25)29(37)33-20-9-7-18-8-12-23-26(28(32)36)34-35(27(23)24(18)16-20)21-10-5-17(6-11-21)15-19-13-14-39-30(19)38/h1-7,9-11,15-16H,8,12-14H2,(H2,32,36)(H,33,37)/b19-15+. The van der Waals surface area contributed by atoms with Gasteiger partial charge in [-0.2, -0.15) is 5.10 Å². The number of aromatic nitrogens is 2. The Morgan fingerprint density at radius 2 is 1.82 bits per heavy atom. The van der Waals surface area contributed by atoms with Crippen LogP contribution in [0.2, 0.25) is 5.02 Å². The Morgan fingerprint density at radius 3 is 2.54 bits per heavy atom. The molecule has 1 aromatic heterocycles. The van der Waals surface area contributed by atoms with Crippen LogP contribution < -0.4 is 11.1 Å². The van der Waals surface area contributed by atoms with E-state index in [1.54, 1.807) is 28.9 Å². The number of nitrogens with zero attached hydrogens (tertiary/aromatic N) is 2. The number of carbonyl (C=O) groups is 3. The first-order chi connectivity index (χ1) is 18.9. The normalized spacial score (nSPS) is 15.0. The lowest BCUT2D eigenvalue weighted by Crippen LogP contribution is -2.15. The van der Waals surface area contributed by atoms with E-state index in [1.807, 2.05) is 48.5 Å². The molecule has 0 unspecified atom stereocenters. The van der Waals surface area contributed by atoms with E-state index in [-0.39, 0.29) is 17.6 Å². The molecule has 9 heteroatoms. The van der Waals surface area contributed by atoms with Gasteiger partial charge in [0.05, 0.1) is 28.6 Å². The van der Waals surface area contributed by atoms with Gasteiger partial charge in [0.2, 0.25) is 0 Å². The fraction of sp³-hybridized carbons (Fsp3) is 0.133. The van der Waals surface area contributed by atoms with Gasteiger partial charge in [-0.25, -0.2) is 9.48 Å². The number of fused-ring (bicyclic) bond motifs is 3. The number of esters is 1. The molecule has 0 bridgehead atoms. The van der Waals surface area contributed by atoms with Gasteiger partial charge < -0.3 is 15.8 Å². The molecule has 0 atom stereocenters. The summed E-state index contributed by atoms with van der Waals surface area (Å²) in [5.41, 5.74) is 12.6. The lowest BCUT2D eigenvalue weighted by atomic mass is 9.88. The lowest BCUT2D eigenvalue weighted by Gasteiger charge is -2.20. The summed E-state index contributed by atoms with van der Waals surface area (Å²) in [7, 11) is 0. The summed E-state index contributed by atoms with van der Waals surface area (Å²) < 4.78 is 6.73. The Morgan fingerprint density at radius 1 is 1.03 bits per heavy atom. The fourth-order valence-electron chi connectivity index (χ4n) is 5.04. The van der Waals surface area contributed by atoms with Gasteiger partial charge in [0.15, 0.2) is 5.69 Å². The summed E-state index contributed by atoms with van der Waals surface area (Å²) in [6, 6.07) is 20.1. The minimum Gasteiger partial charge on any atom is -0.462 e. The molecule has 3 N–H and O–H groups in total. The van der Waals surface area contributed by atoms with Crippen LogP contribution in [0, 0.1) is 0 Å². The van der Waals surface area contributed by atoms with Crippen LogP contribution in [-0.4, -0.2) is 34.2 Å². The Bertz CT molecular complexity index is 1690. The number of rotatable bonds is 5. The molecule has 0 spiro atoms. The highest BCUT2D eigenvalue weighted by Gasteiger charge is 2.28. The summed E-state index contributed by atoms with van der Waals surface area (Å²) in [6.45, 7) is 0.401. The number of hydrogen-bond donors (Lipinski definition) is 2. The highest BCUT2D eigenvalue weighted by atomic mass is 35.5. The molecular formula is C30H23ClN4O4. The first-order valence-corrected chi connectivity index (χ1v) is 12.9. The van der Waals surface area contributed by atoms with Crippen molar-refractivity contribution in [3.05, 3.63) is 105 Å². The summed E-state index contributed by atoms with van der Waals surface area (Å²) >= 11 is 6.21. The maximum absolute atomic E-state index is 12.9. The van der Waals surface area contributed by atoms with E-state index in [9.17, 15) is 14.4 Å². The molecule has 4 aromatic rings. The first-order valence-electron chi connectivity index (χ1n) is 12.5. The zero-order chi connectivity index (χ0) is 27.1. The predicted molar refractivity (Wildman–Crippen MR) is 148 cm³/mol. The van der Waals surface area contributed by atoms with Crippen molar-refractivity contribution >= 4 is 41.1 Å². The molecule has 1 aliphatic carbocycles. The van der Waals surface area contributed by atoms with Gasteiger partial charge in [0.25, 0.3) is 11.8 Å². The van der Waals surface area contributed by atoms with E-state index in [2.05, 4.69) is 10.4 Å². The summed E-state index contributed by atoms with van der Waals surface area (Å²) in [5.74, 6) is -1.21. The van der Waals surface area contributed by atoms with Gasteiger partial charge in [0.1, 0.15) is 0 Å². The van der Waals surface area contributed by atoms with Crippen molar-refractivity contribution in [1.29, 1.82) is 0 Å².